The summed E-state index contributed by atoms with van der Waals surface area (Å²) in [5, 5.41) is 6.62. The number of nitrogens with one attached hydrogen (secondary N) is 2. The first kappa shape index (κ1) is 20.7. The van der Waals surface area contributed by atoms with Crippen molar-refractivity contribution in [2.75, 3.05) is 5.32 Å². The lowest BCUT2D eigenvalue weighted by molar-refractivity contribution is -0.120. The van der Waals surface area contributed by atoms with Crippen LogP contribution in [0.25, 0.3) is 11.3 Å². The number of thiazole rings is 1. The lowest BCUT2D eigenvalue weighted by atomic mass is 10.1. The van der Waals surface area contributed by atoms with E-state index in [2.05, 4.69) is 15.6 Å². The molecule has 5 nitrogen and oxygen atoms in total. The van der Waals surface area contributed by atoms with Gasteiger partial charge in [0.15, 0.2) is 0 Å². The topological polar surface area (TPSA) is 71.1 Å². The zero-order valence-electron chi connectivity index (χ0n) is 16.7. The van der Waals surface area contributed by atoms with Crippen LogP contribution in [0.4, 0.5) is 5.69 Å². The van der Waals surface area contributed by atoms with Gasteiger partial charge in [0.05, 0.1) is 12.1 Å². The van der Waals surface area contributed by atoms with Crippen LogP contribution in [0.1, 0.15) is 35.2 Å². The highest BCUT2D eigenvalue weighted by molar-refractivity contribution is 7.12. The van der Waals surface area contributed by atoms with Crippen molar-refractivity contribution in [3.05, 3.63) is 70.0 Å². The molecular weight excluding hydrogens is 382 g/mol. The number of benzene rings is 2. The molecule has 0 bridgehead atoms. The minimum Gasteiger partial charge on any atom is -0.352 e. The Kier molecular flexibility index (Phi) is 7.14. The van der Waals surface area contributed by atoms with E-state index >= 15 is 0 Å². The smallest absolute Gasteiger partial charge is 0.227 e. The van der Waals surface area contributed by atoms with Crippen LogP contribution in [0.5, 0.6) is 0 Å². The summed E-state index contributed by atoms with van der Waals surface area (Å²) in [5.74, 6) is -0.0166. The first-order chi connectivity index (χ1) is 14.0. The molecule has 0 unspecified atom stereocenters. The molecule has 0 atom stereocenters. The van der Waals surface area contributed by atoms with Gasteiger partial charge in [-0.15, -0.1) is 11.3 Å². The fraction of sp³-hybridized carbons (Fsp3) is 0.261. The van der Waals surface area contributed by atoms with Gasteiger partial charge in [0, 0.05) is 29.1 Å². The largest absolute Gasteiger partial charge is 0.352 e. The van der Waals surface area contributed by atoms with Crippen molar-refractivity contribution in [2.45, 2.75) is 39.7 Å². The van der Waals surface area contributed by atoms with E-state index in [1.54, 1.807) is 0 Å². The van der Waals surface area contributed by atoms with Gasteiger partial charge in [-0.3, -0.25) is 9.59 Å². The molecule has 0 aliphatic carbocycles. The number of hydrogen-bond acceptors (Lipinski definition) is 4. The van der Waals surface area contributed by atoms with Crippen LogP contribution in [0.2, 0.25) is 0 Å². The third-order valence-corrected chi connectivity index (χ3v) is 5.38. The molecule has 1 heterocycles. The van der Waals surface area contributed by atoms with Gasteiger partial charge in [0.2, 0.25) is 11.8 Å². The molecule has 2 amide bonds. The second-order valence-electron chi connectivity index (χ2n) is 6.83. The summed E-state index contributed by atoms with van der Waals surface area (Å²) in [5.41, 5.74) is 3.71. The minimum absolute atomic E-state index is 0.0221. The molecule has 29 heavy (non-hydrogen) atoms. The molecule has 0 saturated carbocycles. The third kappa shape index (κ3) is 5.99. The monoisotopic (exact) mass is 407 g/mol. The Balaban J connectivity index is 1.60. The molecule has 150 valence electrons. The number of aromatic nitrogens is 1. The van der Waals surface area contributed by atoms with Crippen LogP contribution in [0.15, 0.2) is 54.6 Å². The van der Waals surface area contributed by atoms with Crippen molar-refractivity contribution in [3.8, 4) is 11.3 Å². The van der Waals surface area contributed by atoms with E-state index in [1.807, 2.05) is 68.4 Å². The molecular formula is C23H25N3O2S. The Bertz CT molecular complexity index is 966. The van der Waals surface area contributed by atoms with Crippen LogP contribution < -0.4 is 10.6 Å². The lowest BCUT2D eigenvalue weighted by Gasteiger charge is -2.05. The number of nitrogens with zero attached hydrogens (tertiary/aromatic N) is 1. The first-order valence-corrected chi connectivity index (χ1v) is 10.5. The summed E-state index contributed by atoms with van der Waals surface area (Å²) >= 11 is 1.54. The zero-order valence-corrected chi connectivity index (χ0v) is 17.5. The number of anilines is 1. The van der Waals surface area contributed by atoms with E-state index < -0.39 is 0 Å². The number of rotatable bonds is 8. The summed E-state index contributed by atoms with van der Waals surface area (Å²) in [6.07, 6.45) is 1.61. The van der Waals surface area contributed by atoms with E-state index in [0.29, 0.717) is 13.0 Å². The van der Waals surface area contributed by atoms with E-state index in [4.69, 9.17) is 0 Å². The van der Waals surface area contributed by atoms with Crippen LogP contribution >= 0.6 is 11.3 Å². The second kappa shape index (κ2) is 9.98. The van der Waals surface area contributed by atoms with Crippen molar-refractivity contribution < 1.29 is 9.59 Å². The quantitative estimate of drug-likeness (QED) is 0.568. The molecule has 2 aromatic carbocycles. The number of amides is 2. The maximum Gasteiger partial charge on any atom is 0.227 e. The lowest BCUT2D eigenvalue weighted by Crippen LogP contribution is -2.24. The summed E-state index contributed by atoms with van der Waals surface area (Å²) in [6.45, 7) is 4.50. The number of carbonyl (C=O) groups is 2. The first-order valence-electron chi connectivity index (χ1n) is 9.72. The average Bonchev–Trinajstić information content (AvgIpc) is 3.08. The molecule has 0 fully saturated rings. The van der Waals surface area contributed by atoms with E-state index in [-0.39, 0.29) is 18.2 Å². The van der Waals surface area contributed by atoms with Gasteiger partial charge in [0.25, 0.3) is 0 Å². The van der Waals surface area contributed by atoms with Crippen molar-refractivity contribution in [2.24, 2.45) is 0 Å². The van der Waals surface area contributed by atoms with Crippen LogP contribution in [-0.4, -0.2) is 16.8 Å². The van der Waals surface area contributed by atoms with Gasteiger partial charge < -0.3 is 10.6 Å². The van der Waals surface area contributed by atoms with Gasteiger partial charge in [-0.05, 0) is 31.0 Å². The van der Waals surface area contributed by atoms with E-state index in [0.717, 1.165) is 38.8 Å². The van der Waals surface area contributed by atoms with E-state index in [9.17, 15) is 9.59 Å². The molecule has 3 rings (SSSR count). The predicted molar refractivity (Wildman–Crippen MR) is 118 cm³/mol. The Morgan fingerprint density at radius 2 is 1.72 bits per heavy atom. The zero-order chi connectivity index (χ0) is 20.6. The molecule has 0 aliphatic heterocycles. The van der Waals surface area contributed by atoms with Crippen LogP contribution in [0, 0.1) is 6.92 Å². The number of hydrogen-bond donors (Lipinski definition) is 2. The highest BCUT2D eigenvalue weighted by atomic mass is 32.1. The second-order valence-corrected chi connectivity index (χ2v) is 8.11. The van der Waals surface area contributed by atoms with Gasteiger partial charge >= 0.3 is 0 Å². The molecule has 0 aliphatic rings. The Labute approximate surface area is 175 Å². The highest BCUT2D eigenvalue weighted by Crippen LogP contribution is 2.28. The molecule has 3 aromatic rings. The molecule has 2 N–H and O–H groups in total. The standard InChI is InChI=1S/C23H25N3O2S/c1-3-7-20(27)25-19-12-10-18(11-13-19)23-16(2)29-22(26-23)14-21(28)24-15-17-8-5-4-6-9-17/h4-6,8-13H,3,7,14-15H2,1-2H3,(H,24,28)(H,25,27). The minimum atomic E-state index is -0.0388. The molecule has 0 spiro atoms. The number of carbonyl (C=O) groups excluding carboxylic acids is 2. The number of aryl methyl sites for hydroxylation is 1. The molecule has 6 heteroatoms. The molecule has 1 aromatic heterocycles. The van der Waals surface area contributed by atoms with Crippen molar-refractivity contribution in [1.29, 1.82) is 0 Å². The molecule has 0 saturated heterocycles. The van der Waals surface area contributed by atoms with Crippen molar-refractivity contribution in [3.63, 3.8) is 0 Å². The average molecular weight is 408 g/mol. The fourth-order valence-electron chi connectivity index (χ4n) is 2.95. The summed E-state index contributed by atoms with van der Waals surface area (Å²) in [4.78, 5) is 29.7. The maximum absolute atomic E-state index is 12.3. The summed E-state index contributed by atoms with van der Waals surface area (Å²) < 4.78 is 0. The van der Waals surface area contributed by atoms with Gasteiger partial charge in [0.1, 0.15) is 5.01 Å². The predicted octanol–water partition coefficient (Wildman–Crippen LogP) is 4.72. The summed E-state index contributed by atoms with van der Waals surface area (Å²) in [7, 11) is 0. The Morgan fingerprint density at radius 3 is 2.41 bits per heavy atom. The van der Waals surface area contributed by atoms with Gasteiger partial charge in [-0.2, -0.15) is 0 Å². The van der Waals surface area contributed by atoms with Gasteiger partial charge in [-0.1, -0.05) is 49.4 Å². The van der Waals surface area contributed by atoms with Crippen LogP contribution in [0.3, 0.4) is 0 Å². The highest BCUT2D eigenvalue weighted by Gasteiger charge is 2.13. The van der Waals surface area contributed by atoms with Gasteiger partial charge in [-0.25, -0.2) is 4.98 Å². The van der Waals surface area contributed by atoms with E-state index in [1.165, 1.54) is 11.3 Å². The van der Waals surface area contributed by atoms with Crippen LogP contribution in [-0.2, 0) is 22.6 Å². The van der Waals surface area contributed by atoms with Crippen molar-refractivity contribution >= 4 is 28.8 Å². The Morgan fingerprint density at radius 1 is 1.00 bits per heavy atom. The third-order valence-electron chi connectivity index (χ3n) is 4.40. The fourth-order valence-corrected chi connectivity index (χ4v) is 3.91. The SMILES string of the molecule is CCCC(=O)Nc1ccc(-c2nc(CC(=O)NCc3ccccc3)sc2C)cc1. The maximum atomic E-state index is 12.3. The normalized spacial score (nSPS) is 10.6. The summed E-state index contributed by atoms with van der Waals surface area (Å²) in [6, 6.07) is 17.5. The molecule has 0 radical (unpaired) electrons. The Hall–Kier alpha value is -2.99. The van der Waals surface area contributed by atoms with Crippen molar-refractivity contribution in [1.82, 2.24) is 10.3 Å².